The monoisotopic (exact) mass is 275 g/mol. The van der Waals surface area contributed by atoms with Crippen LogP contribution in [0.5, 0.6) is 0 Å². The van der Waals surface area contributed by atoms with Gasteiger partial charge in [-0.25, -0.2) is 4.39 Å². The molecule has 98 valence electrons. The molecule has 0 N–H and O–H groups in total. The van der Waals surface area contributed by atoms with Crippen LogP contribution < -0.4 is 4.47 Å². The van der Waals surface area contributed by atoms with Gasteiger partial charge in [0.15, 0.2) is 0 Å². The molecule has 1 aliphatic heterocycles. The number of nitrogens with zero attached hydrogens (tertiary/aromatic N) is 1. The third kappa shape index (κ3) is 2.46. The van der Waals surface area contributed by atoms with E-state index in [1.54, 1.807) is 19.1 Å². The predicted molar refractivity (Wildman–Crippen MR) is 77.5 cm³/mol. The van der Waals surface area contributed by atoms with E-state index in [4.69, 9.17) is 4.84 Å². The normalized spacial score (nSPS) is 14.3. The molecule has 4 heteroatoms. The molecule has 0 saturated heterocycles. The minimum atomic E-state index is -0.205. The second-order valence-electron chi connectivity index (χ2n) is 4.37. The summed E-state index contributed by atoms with van der Waals surface area (Å²) in [5.41, 5.74) is 4.51. The summed E-state index contributed by atoms with van der Waals surface area (Å²) in [4.78, 5) is 5.33. The first kappa shape index (κ1) is 12.5. The number of hydrogen-bond donors (Lipinski definition) is 0. The number of anilines is 1. The van der Waals surface area contributed by atoms with Crippen molar-refractivity contribution in [1.29, 1.82) is 0 Å². The van der Waals surface area contributed by atoms with Crippen molar-refractivity contribution in [3.05, 3.63) is 53.8 Å². The van der Waals surface area contributed by atoms with Crippen molar-refractivity contribution in [3.63, 3.8) is 0 Å². The molecule has 3 rings (SSSR count). The van der Waals surface area contributed by atoms with E-state index < -0.39 is 0 Å². The minimum Gasteiger partial charge on any atom is -0.266 e. The van der Waals surface area contributed by atoms with Gasteiger partial charge in [-0.05, 0) is 59.3 Å². The molecule has 2 aromatic carbocycles. The smallest absolute Gasteiger partial charge is 0.123 e. The Morgan fingerprint density at radius 3 is 2.58 bits per heavy atom. The van der Waals surface area contributed by atoms with E-state index in [0.29, 0.717) is 0 Å². The summed E-state index contributed by atoms with van der Waals surface area (Å²) in [7, 11) is 1.68. The predicted octanol–water partition coefficient (Wildman–Crippen LogP) is 4.06. The van der Waals surface area contributed by atoms with Crippen LogP contribution in [0.2, 0.25) is 0 Å². The van der Waals surface area contributed by atoms with Gasteiger partial charge in [-0.15, -0.1) is 0 Å². The van der Waals surface area contributed by atoms with E-state index >= 15 is 0 Å². The van der Waals surface area contributed by atoms with E-state index in [0.717, 1.165) is 29.0 Å². The van der Waals surface area contributed by atoms with Crippen molar-refractivity contribution < 1.29 is 9.23 Å². The number of rotatable bonds is 2. The standard InChI is InChI=1S/C15H14FNOS/c1-18-17-15-7-4-12(10-13(15)8-9-19-17)11-2-5-14(16)6-3-11/h2-7,10H,8-9H2,1H3. The summed E-state index contributed by atoms with van der Waals surface area (Å²) >= 11 is 1.67. The number of hydrogen-bond acceptors (Lipinski definition) is 3. The van der Waals surface area contributed by atoms with Gasteiger partial charge in [0.2, 0.25) is 0 Å². The SMILES string of the molecule is CON1SCCc2cc(-c3ccc(F)cc3)ccc21. The largest absolute Gasteiger partial charge is 0.266 e. The molecule has 0 aromatic heterocycles. The highest BCUT2D eigenvalue weighted by Gasteiger charge is 2.18. The summed E-state index contributed by atoms with van der Waals surface area (Å²) < 4.78 is 14.8. The lowest BCUT2D eigenvalue weighted by atomic mass is 10.0. The van der Waals surface area contributed by atoms with Crippen LogP contribution in [0, 0.1) is 5.82 Å². The first-order valence-corrected chi connectivity index (χ1v) is 7.08. The maximum Gasteiger partial charge on any atom is 0.123 e. The Morgan fingerprint density at radius 1 is 1.11 bits per heavy atom. The average molecular weight is 275 g/mol. The second-order valence-corrected chi connectivity index (χ2v) is 5.37. The molecule has 0 bridgehead atoms. The van der Waals surface area contributed by atoms with E-state index in [9.17, 15) is 4.39 Å². The van der Waals surface area contributed by atoms with Gasteiger partial charge in [0.05, 0.1) is 12.8 Å². The van der Waals surface area contributed by atoms with E-state index in [1.807, 2.05) is 22.7 Å². The summed E-state index contributed by atoms with van der Waals surface area (Å²) in [5.74, 6) is 0.803. The van der Waals surface area contributed by atoms with Crippen LogP contribution in [-0.2, 0) is 11.3 Å². The molecule has 2 nitrogen and oxygen atoms in total. The van der Waals surface area contributed by atoms with Gasteiger partial charge < -0.3 is 0 Å². The Kier molecular flexibility index (Phi) is 3.44. The Bertz CT molecular complexity index is 585. The lowest BCUT2D eigenvalue weighted by Crippen LogP contribution is -2.19. The molecule has 0 radical (unpaired) electrons. The molecular formula is C15H14FNOS. The van der Waals surface area contributed by atoms with Crippen LogP contribution in [0.1, 0.15) is 5.56 Å². The van der Waals surface area contributed by atoms with Gasteiger partial charge in [-0.3, -0.25) is 4.84 Å². The second kappa shape index (κ2) is 5.23. The lowest BCUT2D eigenvalue weighted by Gasteiger charge is -2.27. The van der Waals surface area contributed by atoms with E-state index in [-0.39, 0.29) is 5.82 Å². The summed E-state index contributed by atoms with van der Waals surface area (Å²) in [5, 5.41) is 0. The molecule has 0 amide bonds. The zero-order valence-electron chi connectivity index (χ0n) is 10.6. The fourth-order valence-electron chi connectivity index (χ4n) is 2.24. The van der Waals surface area contributed by atoms with Crippen molar-refractivity contribution in [1.82, 2.24) is 0 Å². The van der Waals surface area contributed by atoms with Crippen molar-refractivity contribution >= 4 is 17.6 Å². The maximum atomic E-state index is 12.9. The van der Waals surface area contributed by atoms with Crippen LogP contribution in [0.3, 0.4) is 0 Å². The van der Waals surface area contributed by atoms with E-state index in [2.05, 4.69) is 12.1 Å². The van der Waals surface area contributed by atoms with Crippen LogP contribution in [0.4, 0.5) is 10.1 Å². The van der Waals surface area contributed by atoms with Gasteiger partial charge >= 0.3 is 0 Å². The maximum absolute atomic E-state index is 12.9. The molecule has 19 heavy (non-hydrogen) atoms. The molecule has 0 fully saturated rings. The van der Waals surface area contributed by atoms with Crippen LogP contribution in [-0.4, -0.2) is 12.9 Å². The first-order chi connectivity index (χ1) is 9.28. The van der Waals surface area contributed by atoms with Crippen LogP contribution >= 0.6 is 11.9 Å². The third-order valence-electron chi connectivity index (χ3n) is 3.20. The van der Waals surface area contributed by atoms with Crippen LogP contribution in [0.25, 0.3) is 11.1 Å². The summed E-state index contributed by atoms with van der Waals surface area (Å²) in [6, 6.07) is 12.9. The average Bonchev–Trinajstić information content (AvgIpc) is 2.47. The van der Waals surface area contributed by atoms with Crippen LogP contribution in [0.15, 0.2) is 42.5 Å². The van der Waals surface area contributed by atoms with Gasteiger partial charge in [-0.2, -0.15) is 4.47 Å². The highest BCUT2D eigenvalue weighted by atomic mass is 32.2. The Morgan fingerprint density at radius 2 is 1.84 bits per heavy atom. The van der Waals surface area contributed by atoms with Crippen molar-refractivity contribution in [3.8, 4) is 11.1 Å². The zero-order valence-corrected chi connectivity index (χ0v) is 11.4. The summed E-state index contributed by atoms with van der Waals surface area (Å²) in [6.07, 6.45) is 1.02. The Labute approximate surface area is 116 Å². The van der Waals surface area contributed by atoms with Gasteiger partial charge in [0, 0.05) is 5.75 Å². The molecule has 0 aliphatic carbocycles. The van der Waals surface area contributed by atoms with Crippen molar-refractivity contribution in [2.75, 3.05) is 17.3 Å². The van der Waals surface area contributed by atoms with Crippen molar-refractivity contribution in [2.24, 2.45) is 0 Å². The van der Waals surface area contributed by atoms with Crippen molar-refractivity contribution in [2.45, 2.75) is 6.42 Å². The Balaban J connectivity index is 1.99. The molecule has 2 aromatic rings. The minimum absolute atomic E-state index is 0.205. The fourth-order valence-corrected chi connectivity index (χ4v) is 3.14. The quantitative estimate of drug-likeness (QED) is 0.767. The number of aryl methyl sites for hydroxylation is 1. The molecule has 1 heterocycles. The topological polar surface area (TPSA) is 12.5 Å². The van der Waals surface area contributed by atoms with Gasteiger partial charge in [0.1, 0.15) is 5.82 Å². The molecule has 0 spiro atoms. The molecule has 0 unspecified atom stereocenters. The number of benzene rings is 2. The highest BCUT2D eigenvalue weighted by molar-refractivity contribution is 8.00. The molecule has 0 atom stereocenters. The molecule has 0 saturated carbocycles. The fraction of sp³-hybridized carbons (Fsp3) is 0.200. The zero-order chi connectivity index (χ0) is 13.2. The van der Waals surface area contributed by atoms with Gasteiger partial charge in [0.25, 0.3) is 0 Å². The number of fused-ring (bicyclic) bond motifs is 1. The third-order valence-corrected chi connectivity index (χ3v) is 4.17. The van der Waals surface area contributed by atoms with E-state index in [1.165, 1.54) is 17.7 Å². The summed E-state index contributed by atoms with van der Waals surface area (Å²) in [6.45, 7) is 0. The molecule has 1 aliphatic rings. The highest BCUT2D eigenvalue weighted by Crippen LogP contribution is 2.35. The van der Waals surface area contributed by atoms with Gasteiger partial charge in [-0.1, -0.05) is 18.2 Å². The first-order valence-electron chi connectivity index (χ1n) is 6.14. The lowest BCUT2D eigenvalue weighted by molar-refractivity contribution is 0.224. The number of halogens is 1. The molecular weight excluding hydrogens is 261 g/mol. The Hall–Kier alpha value is -1.52.